The minimum atomic E-state index is -0.204. The van der Waals surface area contributed by atoms with Crippen molar-refractivity contribution in [2.24, 2.45) is 5.92 Å². The van der Waals surface area contributed by atoms with Crippen LogP contribution in [0.1, 0.15) is 36.2 Å². The van der Waals surface area contributed by atoms with Crippen molar-refractivity contribution in [2.75, 3.05) is 36.8 Å². The Morgan fingerprint density at radius 2 is 1.55 bits per heavy atom. The normalized spacial score (nSPS) is 14.2. The second kappa shape index (κ2) is 10.1. The van der Waals surface area contributed by atoms with Crippen molar-refractivity contribution in [2.45, 2.75) is 27.2 Å². The van der Waals surface area contributed by atoms with Gasteiger partial charge in [-0.1, -0.05) is 38.1 Å². The molecule has 4 amide bonds. The number of nitrogens with zero attached hydrogens (tertiary/aromatic N) is 2. The molecule has 0 spiro atoms. The molecule has 0 saturated carbocycles. The van der Waals surface area contributed by atoms with Gasteiger partial charge in [0.05, 0.1) is 0 Å². The first kappa shape index (κ1) is 22.3. The number of aryl methyl sites for hydroxylation is 1. The number of carbonyl (C=O) groups excluding carboxylic acids is 3. The molecule has 2 aromatic carbocycles. The second-order valence-electron chi connectivity index (χ2n) is 8.10. The van der Waals surface area contributed by atoms with Crippen LogP contribution in [-0.4, -0.2) is 53.8 Å². The zero-order valence-corrected chi connectivity index (χ0v) is 18.4. The molecule has 7 nitrogen and oxygen atoms in total. The lowest BCUT2D eigenvalue weighted by atomic mass is 10.1. The minimum Gasteiger partial charge on any atom is -0.337 e. The predicted octanol–water partition coefficient (Wildman–Crippen LogP) is 3.97. The summed E-state index contributed by atoms with van der Waals surface area (Å²) in [6, 6.07) is 14.5. The fraction of sp³-hybridized carbons (Fsp3) is 0.375. The van der Waals surface area contributed by atoms with Crippen LogP contribution < -0.4 is 10.6 Å². The van der Waals surface area contributed by atoms with Gasteiger partial charge < -0.3 is 20.4 Å². The maximum atomic E-state index is 12.9. The van der Waals surface area contributed by atoms with E-state index in [0.29, 0.717) is 43.1 Å². The first-order valence-corrected chi connectivity index (χ1v) is 10.7. The molecule has 0 radical (unpaired) electrons. The van der Waals surface area contributed by atoms with Gasteiger partial charge in [-0.2, -0.15) is 0 Å². The number of urea groups is 1. The van der Waals surface area contributed by atoms with Gasteiger partial charge >= 0.3 is 6.03 Å². The summed E-state index contributed by atoms with van der Waals surface area (Å²) in [5.74, 6) is -0.206. The molecule has 1 fully saturated rings. The summed E-state index contributed by atoms with van der Waals surface area (Å²) < 4.78 is 0. The average Bonchev–Trinajstić information content (AvgIpc) is 3.02. The molecule has 2 aromatic rings. The fourth-order valence-corrected chi connectivity index (χ4v) is 3.40. The Labute approximate surface area is 183 Å². The number of anilines is 2. The van der Waals surface area contributed by atoms with Crippen LogP contribution in [0.15, 0.2) is 48.5 Å². The molecular weight excluding hydrogens is 392 g/mol. The molecule has 7 heteroatoms. The highest BCUT2D eigenvalue weighted by molar-refractivity contribution is 5.95. The molecule has 0 aromatic heterocycles. The van der Waals surface area contributed by atoms with Crippen LogP contribution >= 0.6 is 0 Å². The molecule has 0 aliphatic carbocycles. The van der Waals surface area contributed by atoms with Crippen molar-refractivity contribution >= 4 is 29.2 Å². The van der Waals surface area contributed by atoms with Gasteiger partial charge in [0, 0.05) is 49.0 Å². The number of hydrogen-bond donors (Lipinski definition) is 2. The number of carbonyl (C=O) groups is 3. The highest BCUT2D eigenvalue weighted by atomic mass is 16.2. The predicted molar refractivity (Wildman–Crippen MR) is 122 cm³/mol. The van der Waals surface area contributed by atoms with Crippen LogP contribution in [0.25, 0.3) is 0 Å². The van der Waals surface area contributed by atoms with Crippen molar-refractivity contribution in [3.63, 3.8) is 0 Å². The maximum Gasteiger partial charge on any atom is 0.321 e. The molecule has 1 aliphatic heterocycles. The zero-order valence-electron chi connectivity index (χ0n) is 18.4. The molecule has 3 rings (SSSR count). The highest BCUT2D eigenvalue weighted by Gasteiger charge is 2.23. The molecule has 164 valence electrons. The Hall–Kier alpha value is -3.35. The quantitative estimate of drug-likeness (QED) is 0.782. The van der Waals surface area contributed by atoms with Gasteiger partial charge in [-0.05, 0) is 43.2 Å². The Bertz CT molecular complexity index is 943. The molecule has 1 aliphatic rings. The van der Waals surface area contributed by atoms with Crippen molar-refractivity contribution in [1.29, 1.82) is 0 Å². The van der Waals surface area contributed by atoms with Crippen LogP contribution in [0.2, 0.25) is 0 Å². The van der Waals surface area contributed by atoms with Crippen molar-refractivity contribution < 1.29 is 14.4 Å². The van der Waals surface area contributed by atoms with E-state index in [1.807, 2.05) is 63.2 Å². The van der Waals surface area contributed by atoms with Gasteiger partial charge in [-0.3, -0.25) is 9.59 Å². The van der Waals surface area contributed by atoms with Gasteiger partial charge in [0.2, 0.25) is 5.91 Å². The number of amides is 4. The van der Waals surface area contributed by atoms with Crippen LogP contribution in [0.4, 0.5) is 16.2 Å². The standard InChI is InChI=1S/C24H30N4O3/c1-17(2)22(29)25-20-11-10-18(3)21(16-20)26-24(31)28-13-7-12-27(14-15-28)23(30)19-8-5-4-6-9-19/h4-6,8-11,16-17H,7,12-15H2,1-3H3,(H,25,29)(H,26,31). The summed E-state index contributed by atoms with van der Waals surface area (Å²) in [7, 11) is 0. The number of nitrogens with one attached hydrogen (secondary N) is 2. The van der Waals surface area contributed by atoms with E-state index in [0.717, 1.165) is 12.0 Å². The lowest BCUT2D eigenvalue weighted by Gasteiger charge is -2.23. The van der Waals surface area contributed by atoms with Gasteiger partial charge in [-0.15, -0.1) is 0 Å². The summed E-state index contributed by atoms with van der Waals surface area (Å²) in [6.07, 6.45) is 0.718. The first-order chi connectivity index (χ1) is 14.8. The summed E-state index contributed by atoms with van der Waals surface area (Å²) in [5, 5.41) is 5.82. The third-order valence-electron chi connectivity index (χ3n) is 5.36. The molecule has 2 N–H and O–H groups in total. The minimum absolute atomic E-state index is 0.00713. The zero-order chi connectivity index (χ0) is 22.4. The van der Waals surface area contributed by atoms with Gasteiger partial charge in [-0.25, -0.2) is 4.79 Å². The van der Waals surface area contributed by atoms with E-state index in [9.17, 15) is 14.4 Å². The summed E-state index contributed by atoms with van der Waals surface area (Å²) in [6.45, 7) is 7.72. The van der Waals surface area contributed by atoms with Gasteiger partial charge in [0.25, 0.3) is 5.91 Å². The average molecular weight is 423 g/mol. The highest BCUT2D eigenvalue weighted by Crippen LogP contribution is 2.21. The Morgan fingerprint density at radius 3 is 2.26 bits per heavy atom. The molecule has 0 atom stereocenters. The second-order valence-corrected chi connectivity index (χ2v) is 8.10. The summed E-state index contributed by atoms with van der Waals surface area (Å²) in [4.78, 5) is 41.1. The van der Waals surface area contributed by atoms with E-state index in [-0.39, 0.29) is 23.8 Å². The van der Waals surface area contributed by atoms with Crippen molar-refractivity contribution in [3.05, 3.63) is 59.7 Å². The van der Waals surface area contributed by atoms with E-state index < -0.39 is 0 Å². The van der Waals surface area contributed by atoms with E-state index in [1.54, 1.807) is 15.9 Å². The SMILES string of the molecule is Cc1ccc(NC(=O)C(C)C)cc1NC(=O)N1CCCN(C(=O)c2ccccc2)CC1. The van der Waals surface area contributed by atoms with E-state index in [1.165, 1.54) is 0 Å². The lowest BCUT2D eigenvalue weighted by Crippen LogP contribution is -2.39. The maximum absolute atomic E-state index is 12.9. The summed E-state index contributed by atoms with van der Waals surface area (Å²) >= 11 is 0. The Morgan fingerprint density at radius 1 is 0.871 bits per heavy atom. The molecular formula is C24H30N4O3. The van der Waals surface area contributed by atoms with Crippen LogP contribution in [0.3, 0.4) is 0 Å². The number of rotatable bonds is 4. The number of benzene rings is 2. The third kappa shape index (κ3) is 5.84. The summed E-state index contributed by atoms with van der Waals surface area (Å²) in [5.41, 5.74) is 2.88. The first-order valence-electron chi connectivity index (χ1n) is 10.7. The molecule has 0 bridgehead atoms. The molecule has 0 unspecified atom stereocenters. The molecule has 31 heavy (non-hydrogen) atoms. The van der Waals surface area contributed by atoms with E-state index >= 15 is 0 Å². The van der Waals surface area contributed by atoms with Gasteiger partial charge in [0.15, 0.2) is 0 Å². The van der Waals surface area contributed by atoms with Gasteiger partial charge in [0.1, 0.15) is 0 Å². The van der Waals surface area contributed by atoms with Crippen LogP contribution in [-0.2, 0) is 4.79 Å². The van der Waals surface area contributed by atoms with Crippen LogP contribution in [0.5, 0.6) is 0 Å². The molecule has 1 heterocycles. The smallest absolute Gasteiger partial charge is 0.321 e. The largest absolute Gasteiger partial charge is 0.337 e. The Balaban J connectivity index is 1.62. The fourth-order valence-electron chi connectivity index (χ4n) is 3.40. The monoisotopic (exact) mass is 422 g/mol. The third-order valence-corrected chi connectivity index (χ3v) is 5.36. The van der Waals surface area contributed by atoms with E-state index in [2.05, 4.69) is 10.6 Å². The number of hydrogen-bond acceptors (Lipinski definition) is 3. The van der Waals surface area contributed by atoms with Crippen molar-refractivity contribution in [1.82, 2.24) is 9.80 Å². The van der Waals surface area contributed by atoms with E-state index in [4.69, 9.17) is 0 Å². The lowest BCUT2D eigenvalue weighted by molar-refractivity contribution is -0.118. The topological polar surface area (TPSA) is 81.8 Å². The molecule has 1 saturated heterocycles. The van der Waals surface area contributed by atoms with Crippen LogP contribution in [0, 0.1) is 12.8 Å². The van der Waals surface area contributed by atoms with Crippen molar-refractivity contribution in [3.8, 4) is 0 Å². The Kier molecular flexibility index (Phi) is 7.28.